The molecule has 0 atom stereocenters. The average Bonchev–Trinajstić information content (AvgIpc) is 3.07. The molecule has 3 aromatic rings. The van der Waals surface area contributed by atoms with Gasteiger partial charge in [0.2, 0.25) is 0 Å². The summed E-state index contributed by atoms with van der Waals surface area (Å²) >= 11 is 0. The number of aromatic amines is 1. The van der Waals surface area contributed by atoms with Gasteiger partial charge < -0.3 is 19.2 Å². The topological polar surface area (TPSA) is 73.4 Å². The summed E-state index contributed by atoms with van der Waals surface area (Å²) in [5.74, 6) is 1.21. The van der Waals surface area contributed by atoms with Crippen LogP contribution in [-0.2, 0) is 4.79 Å². The molecule has 1 N–H and O–H groups in total. The monoisotopic (exact) mass is 324 g/mol. The summed E-state index contributed by atoms with van der Waals surface area (Å²) in [5.41, 5.74) is 2.42. The molecule has 6 nitrogen and oxygen atoms in total. The second-order valence-corrected chi connectivity index (χ2v) is 4.95. The summed E-state index contributed by atoms with van der Waals surface area (Å²) < 4.78 is 15.7. The highest BCUT2D eigenvalue weighted by atomic mass is 16.5. The van der Waals surface area contributed by atoms with Crippen molar-refractivity contribution in [3.05, 3.63) is 54.4 Å². The number of fused-ring (bicyclic) bond motifs is 1. The molecule has 0 saturated carbocycles. The number of H-pyrrole nitrogens is 1. The van der Waals surface area contributed by atoms with E-state index in [-0.39, 0.29) is 0 Å². The molecule has 0 spiro atoms. The Labute approximate surface area is 138 Å². The van der Waals surface area contributed by atoms with E-state index in [4.69, 9.17) is 14.2 Å². The lowest BCUT2D eigenvalue weighted by atomic mass is 10.2. The van der Waals surface area contributed by atoms with E-state index in [1.165, 1.54) is 6.08 Å². The minimum atomic E-state index is -0.469. The zero-order chi connectivity index (χ0) is 16.9. The van der Waals surface area contributed by atoms with Crippen molar-refractivity contribution in [1.82, 2.24) is 9.97 Å². The Morgan fingerprint density at radius 3 is 2.71 bits per heavy atom. The molecule has 24 heavy (non-hydrogen) atoms. The van der Waals surface area contributed by atoms with Crippen LogP contribution in [0.2, 0.25) is 0 Å². The van der Waals surface area contributed by atoms with Gasteiger partial charge in [-0.3, -0.25) is 0 Å². The second-order valence-electron chi connectivity index (χ2n) is 4.95. The zero-order valence-corrected chi connectivity index (χ0v) is 13.3. The molecular formula is C18H16N2O4. The van der Waals surface area contributed by atoms with Crippen molar-refractivity contribution < 1.29 is 19.0 Å². The number of nitrogens with one attached hydrogen (secondary N) is 1. The largest absolute Gasteiger partial charge is 0.493 e. The molecule has 0 bridgehead atoms. The maximum atomic E-state index is 11.9. The summed E-state index contributed by atoms with van der Waals surface area (Å²) in [6, 6.07) is 10.6. The summed E-state index contributed by atoms with van der Waals surface area (Å²) in [5, 5.41) is 0. The number of esters is 1. The Hall–Kier alpha value is -3.28. The fraction of sp³-hybridized carbons (Fsp3) is 0.111. The molecule has 0 radical (unpaired) electrons. The molecule has 0 unspecified atom stereocenters. The van der Waals surface area contributed by atoms with Gasteiger partial charge in [0, 0.05) is 12.1 Å². The standard InChI is InChI=1S/C18H16N2O4/c1-22-16-7-3-12(9-17(16)23-2)4-8-18(21)24-13-5-6-14-15(10-13)20-11-19-14/h3-11H,1-2H3,(H,19,20)/b8-4+. The van der Waals surface area contributed by atoms with Crippen molar-refractivity contribution in [3.63, 3.8) is 0 Å². The predicted octanol–water partition coefficient (Wildman–Crippen LogP) is 3.20. The number of nitrogens with zero attached hydrogens (tertiary/aromatic N) is 1. The molecule has 1 aromatic heterocycles. The van der Waals surface area contributed by atoms with E-state index in [9.17, 15) is 4.79 Å². The molecule has 0 saturated heterocycles. The smallest absolute Gasteiger partial charge is 0.336 e. The third-order valence-corrected chi connectivity index (χ3v) is 3.43. The van der Waals surface area contributed by atoms with E-state index < -0.39 is 5.97 Å². The molecule has 0 fully saturated rings. The lowest BCUT2D eigenvalue weighted by molar-refractivity contribution is -0.128. The molecule has 0 aliphatic carbocycles. The Bertz CT molecular complexity index is 899. The summed E-state index contributed by atoms with van der Waals surface area (Å²) in [4.78, 5) is 19.0. The van der Waals surface area contributed by atoms with Crippen molar-refractivity contribution in [2.24, 2.45) is 0 Å². The van der Waals surface area contributed by atoms with Crippen LogP contribution in [0, 0.1) is 0 Å². The lowest BCUT2D eigenvalue weighted by Crippen LogP contribution is -2.03. The van der Waals surface area contributed by atoms with E-state index in [0.29, 0.717) is 17.2 Å². The third kappa shape index (κ3) is 3.38. The van der Waals surface area contributed by atoms with Crippen LogP contribution in [-0.4, -0.2) is 30.2 Å². The van der Waals surface area contributed by atoms with Crippen LogP contribution in [0.1, 0.15) is 5.56 Å². The van der Waals surface area contributed by atoms with Crippen molar-refractivity contribution in [2.75, 3.05) is 14.2 Å². The van der Waals surface area contributed by atoms with Gasteiger partial charge in [-0.05, 0) is 35.9 Å². The molecule has 6 heteroatoms. The summed E-state index contributed by atoms with van der Waals surface area (Å²) in [7, 11) is 3.13. The predicted molar refractivity (Wildman–Crippen MR) is 90.3 cm³/mol. The van der Waals surface area contributed by atoms with E-state index in [0.717, 1.165) is 16.6 Å². The van der Waals surface area contributed by atoms with Crippen LogP contribution < -0.4 is 14.2 Å². The highest BCUT2D eigenvalue weighted by molar-refractivity contribution is 5.89. The van der Waals surface area contributed by atoms with Crippen molar-refractivity contribution in [2.45, 2.75) is 0 Å². The Balaban J connectivity index is 1.70. The van der Waals surface area contributed by atoms with Gasteiger partial charge in [0.15, 0.2) is 11.5 Å². The average molecular weight is 324 g/mol. The number of carbonyl (C=O) groups is 1. The first kappa shape index (κ1) is 15.6. The number of imidazole rings is 1. The maximum absolute atomic E-state index is 11.9. The van der Waals surface area contributed by atoms with E-state index in [1.54, 1.807) is 57.0 Å². The van der Waals surface area contributed by atoms with Gasteiger partial charge in [0.1, 0.15) is 5.75 Å². The molecule has 0 aliphatic heterocycles. The minimum absolute atomic E-state index is 0.453. The number of hydrogen-bond acceptors (Lipinski definition) is 5. The fourth-order valence-electron chi connectivity index (χ4n) is 2.25. The number of carbonyl (C=O) groups excluding carboxylic acids is 1. The van der Waals surface area contributed by atoms with E-state index >= 15 is 0 Å². The van der Waals surface area contributed by atoms with Crippen LogP contribution in [0.3, 0.4) is 0 Å². The first-order valence-corrected chi connectivity index (χ1v) is 7.24. The third-order valence-electron chi connectivity index (χ3n) is 3.43. The van der Waals surface area contributed by atoms with Gasteiger partial charge in [-0.15, -0.1) is 0 Å². The van der Waals surface area contributed by atoms with Crippen LogP contribution in [0.25, 0.3) is 17.1 Å². The zero-order valence-electron chi connectivity index (χ0n) is 13.3. The highest BCUT2D eigenvalue weighted by Gasteiger charge is 2.05. The van der Waals surface area contributed by atoms with Gasteiger partial charge in [-0.25, -0.2) is 9.78 Å². The second kappa shape index (κ2) is 6.87. The van der Waals surface area contributed by atoms with Gasteiger partial charge in [-0.2, -0.15) is 0 Å². The Kier molecular flexibility index (Phi) is 4.47. The minimum Gasteiger partial charge on any atom is -0.493 e. The number of ether oxygens (including phenoxy) is 3. The van der Waals surface area contributed by atoms with Crippen molar-refractivity contribution in [1.29, 1.82) is 0 Å². The van der Waals surface area contributed by atoms with Crippen molar-refractivity contribution in [3.8, 4) is 17.2 Å². The highest BCUT2D eigenvalue weighted by Crippen LogP contribution is 2.28. The van der Waals surface area contributed by atoms with E-state index in [1.807, 2.05) is 6.07 Å². The van der Waals surface area contributed by atoms with Crippen LogP contribution in [0.4, 0.5) is 0 Å². The van der Waals surface area contributed by atoms with Crippen molar-refractivity contribution >= 4 is 23.1 Å². The molecule has 1 heterocycles. The van der Waals surface area contributed by atoms with Crippen LogP contribution >= 0.6 is 0 Å². The lowest BCUT2D eigenvalue weighted by Gasteiger charge is -2.07. The first-order valence-electron chi connectivity index (χ1n) is 7.24. The molecular weight excluding hydrogens is 308 g/mol. The number of rotatable bonds is 5. The first-order chi connectivity index (χ1) is 11.7. The van der Waals surface area contributed by atoms with Crippen LogP contribution in [0.5, 0.6) is 17.2 Å². The fourth-order valence-corrected chi connectivity index (χ4v) is 2.25. The van der Waals surface area contributed by atoms with Gasteiger partial charge in [0.25, 0.3) is 0 Å². The quantitative estimate of drug-likeness (QED) is 0.443. The number of methoxy groups -OCH3 is 2. The Morgan fingerprint density at radius 2 is 1.92 bits per heavy atom. The van der Waals surface area contributed by atoms with Gasteiger partial charge in [-0.1, -0.05) is 6.07 Å². The molecule has 3 rings (SSSR count). The Morgan fingerprint density at radius 1 is 1.08 bits per heavy atom. The summed E-state index contributed by atoms with van der Waals surface area (Å²) in [6.45, 7) is 0. The van der Waals surface area contributed by atoms with Gasteiger partial charge in [0.05, 0.1) is 31.6 Å². The number of aromatic nitrogens is 2. The molecule has 0 aliphatic rings. The van der Waals surface area contributed by atoms with Crippen LogP contribution in [0.15, 0.2) is 48.8 Å². The number of hydrogen-bond donors (Lipinski definition) is 1. The molecule has 122 valence electrons. The maximum Gasteiger partial charge on any atom is 0.336 e. The normalized spacial score (nSPS) is 10.9. The van der Waals surface area contributed by atoms with E-state index in [2.05, 4.69) is 9.97 Å². The SMILES string of the molecule is COc1ccc(/C=C/C(=O)Oc2ccc3nc[nH]c3c2)cc1OC. The molecule has 0 amide bonds. The summed E-state index contributed by atoms with van der Waals surface area (Å²) in [6.07, 6.45) is 4.60. The van der Waals surface area contributed by atoms with Gasteiger partial charge >= 0.3 is 5.97 Å². The molecule has 2 aromatic carbocycles. The number of benzene rings is 2.